The fourth-order valence-corrected chi connectivity index (χ4v) is 2.61. The maximum atomic E-state index is 11.4. The van der Waals surface area contributed by atoms with E-state index >= 15 is 0 Å². The minimum absolute atomic E-state index is 0.0866. The molecule has 2 aromatic carbocycles. The van der Waals surface area contributed by atoms with Gasteiger partial charge in [0.05, 0.1) is 4.90 Å². The minimum atomic E-state index is -3.19. The molecule has 0 spiro atoms. The van der Waals surface area contributed by atoms with Crippen LogP contribution in [-0.2, 0) is 9.84 Å². The Labute approximate surface area is 125 Å². The van der Waals surface area contributed by atoms with Crippen LogP contribution in [0.1, 0.15) is 24.9 Å². The highest BCUT2D eigenvalue weighted by atomic mass is 32.2. The number of hydrogen-bond donors (Lipinski definition) is 1. The van der Waals surface area contributed by atoms with Crippen molar-refractivity contribution >= 4 is 9.84 Å². The number of benzene rings is 2. The number of sulfone groups is 1. The Bertz CT molecular complexity index is 709. The first kappa shape index (κ1) is 15.5. The molecule has 0 radical (unpaired) electrons. The summed E-state index contributed by atoms with van der Waals surface area (Å²) >= 11 is 0. The Morgan fingerprint density at radius 2 is 1.71 bits per heavy atom. The number of hydrogen-bond acceptors (Lipinski definition) is 4. The molecule has 0 saturated carbocycles. The van der Waals surface area contributed by atoms with E-state index in [1.807, 2.05) is 31.2 Å². The normalized spacial score (nSPS) is 12.9. The summed E-state index contributed by atoms with van der Waals surface area (Å²) in [4.78, 5) is 0.272. The number of rotatable bonds is 5. The Hall–Kier alpha value is -1.85. The van der Waals surface area contributed by atoms with Gasteiger partial charge in [0.1, 0.15) is 11.5 Å². The summed E-state index contributed by atoms with van der Waals surface area (Å²) in [6.07, 6.45) is 1.99. The first-order valence-corrected chi connectivity index (χ1v) is 8.63. The van der Waals surface area contributed by atoms with Gasteiger partial charge in [-0.25, -0.2) is 8.42 Å². The first-order chi connectivity index (χ1) is 9.91. The van der Waals surface area contributed by atoms with Crippen molar-refractivity contribution < 1.29 is 13.2 Å². The van der Waals surface area contributed by atoms with Crippen molar-refractivity contribution in [1.82, 2.24) is 0 Å². The van der Waals surface area contributed by atoms with Crippen LogP contribution in [-0.4, -0.2) is 14.7 Å². The lowest BCUT2D eigenvalue weighted by molar-refractivity contribution is 0.468. The molecule has 0 fully saturated rings. The Morgan fingerprint density at radius 3 is 2.29 bits per heavy atom. The van der Waals surface area contributed by atoms with Crippen LogP contribution in [0.15, 0.2) is 53.4 Å². The fraction of sp³-hybridized carbons (Fsp3) is 0.250. The van der Waals surface area contributed by atoms with Gasteiger partial charge in [-0.1, -0.05) is 25.1 Å². The van der Waals surface area contributed by atoms with Gasteiger partial charge >= 0.3 is 0 Å². The molecule has 4 nitrogen and oxygen atoms in total. The zero-order valence-electron chi connectivity index (χ0n) is 12.1. The van der Waals surface area contributed by atoms with Gasteiger partial charge in [0.2, 0.25) is 0 Å². The molecule has 112 valence electrons. The molecule has 0 bridgehead atoms. The lowest BCUT2D eigenvalue weighted by Gasteiger charge is -2.15. The Kier molecular flexibility index (Phi) is 4.65. The second-order valence-corrected chi connectivity index (χ2v) is 6.91. The predicted molar refractivity (Wildman–Crippen MR) is 83.3 cm³/mol. The third-order valence-corrected chi connectivity index (χ3v) is 4.37. The van der Waals surface area contributed by atoms with Crippen LogP contribution in [0.2, 0.25) is 0 Å². The Morgan fingerprint density at radius 1 is 1.10 bits per heavy atom. The third-order valence-electron chi connectivity index (χ3n) is 3.24. The number of ether oxygens (including phenoxy) is 1. The van der Waals surface area contributed by atoms with Crippen LogP contribution in [0.25, 0.3) is 0 Å². The van der Waals surface area contributed by atoms with Crippen molar-refractivity contribution in [2.75, 3.05) is 6.26 Å². The summed E-state index contributed by atoms with van der Waals surface area (Å²) in [7, 11) is -3.19. The number of nitrogens with two attached hydrogens (primary N) is 1. The monoisotopic (exact) mass is 305 g/mol. The molecule has 21 heavy (non-hydrogen) atoms. The van der Waals surface area contributed by atoms with E-state index in [4.69, 9.17) is 10.5 Å². The standard InChI is InChI=1S/C16H19NO3S/c1-3-15(17)14-6-4-5-7-16(14)20-12-8-10-13(11-9-12)21(2,18)19/h4-11,15H,3,17H2,1-2H3/t15-/m0/s1. The van der Waals surface area contributed by atoms with Crippen molar-refractivity contribution in [3.63, 3.8) is 0 Å². The summed E-state index contributed by atoms with van der Waals surface area (Å²) < 4.78 is 28.7. The van der Waals surface area contributed by atoms with Gasteiger partial charge in [-0.15, -0.1) is 0 Å². The molecule has 0 aromatic heterocycles. The van der Waals surface area contributed by atoms with E-state index in [-0.39, 0.29) is 10.9 Å². The zero-order valence-corrected chi connectivity index (χ0v) is 12.9. The van der Waals surface area contributed by atoms with Gasteiger partial charge in [0.25, 0.3) is 0 Å². The SMILES string of the molecule is CC[C@H](N)c1ccccc1Oc1ccc(S(C)(=O)=O)cc1. The van der Waals surface area contributed by atoms with Gasteiger partial charge in [-0.2, -0.15) is 0 Å². The molecule has 0 unspecified atom stereocenters. The van der Waals surface area contributed by atoms with E-state index in [1.165, 1.54) is 18.4 Å². The molecule has 0 saturated heterocycles. The van der Waals surface area contributed by atoms with Crippen LogP contribution in [0.3, 0.4) is 0 Å². The largest absolute Gasteiger partial charge is 0.457 e. The quantitative estimate of drug-likeness (QED) is 0.920. The molecule has 0 aliphatic heterocycles. The van der Waals surface area contributed by atoms with E-state index in [1.54, 1.807) is 12.1 Å². The van der Waals surface area contributed by atoms with Crippen molar-refractivity contribution in [1.29, 1.82) is 0 Å². The van der Waals surface area contributed by atoms with Crippen LogP contribution in [0, 0.1) is 0 Å². The summed E-state index contributed by atoms with van der Waals surface area (Å²) in [5, 5.41) is 0. The maximum Gasteiger partial charge on any atom is 0.175 e. The second-order valence-electron chi connectivity index (χ2n) is 4.90. The molecule has 0 heterocycles. The number of para-hydroxylation sites is 1. The molecule has 0 aliphatic carbocycles. The molecule has 2 N–H and O–H groups in total. The van der Waals surface area contributed by atoms with Crippen molar-refractivity contribution in [2.24, 2.45) is 5.73 Å². The molecule has 2 rings (SSSR count). The van der Waals surface area contributed by atoms with E-state index in [9.17, 15) is 8.42 Å². The van der Waals surface area contributed by atoms with E-state index < -0.39 is 9.84 Å². The Balaban J connectivity index is 2.27. The van der Waals surface area contributed by atoms with Crippen LogP contribution < -0.4 is 10.5 Å². The highest BCUT2D eigenvalue weighted by Crippen LogP contribution is 2.30. The molecule has 2 aromatic rings. The van der Waals surface area contributed by atoms with E-state index in [0.717, 1.165) is 12.0 Å². The molecule has 0 amide bonds. The topological polar surface area (TPSA) is 69.4 Å². The first-order valence-electron chi connectivity index (χ1n) is 6.74. The predicted octanol–water partition coefficient (Wildman–Crippen LogP) is 3.29. The lowest BCUT2D eigenvalue weighted by Crippen LogP contribution is -2.09. The summed E-state index contributed by atoms with van der Waals surface area (Å²) in [5.74, 6) is 1.28. The van der Waals surface area contributed by atoms with Crippen LogP contribution in [0.4, 0.5) is 0 Å². The molecular weight excluding hydrogens is 286 g/mol. The van der Waals surface area contributed by atoms with Gasteiger partial charge in [0.15, 0.2) is 9.84 Å². The third kappa shape index (κ3) is 3.83. The smallest absolute Gasteiger partial charge is 0.175 e. The van der Waals surface area contributed by atoms with Crippen molar-refractivity contribution in [3.8, 4) is 11.5 Å². The minimum Gasteiger partial charge on any atom is -0.457 e. The van der Waals surface area contributed by atoms with Gasteiger partial charge in [0, 0.05) is 17.9 Å². The molecule has 0 aliphatic rings. The van der Waals surface area contributed by atoms with Crippen LogP contribution in [0.5, 0.6) is 11.5 Å². The average molecular weight is 305 g/mol. The highest BCUT2D eigenvalue weighted by Gasteiger charge is 2.11. The van der Waals surface area contributed by atoms with Gasteiger partial charge in [-0.05, 0) is 36.8 Å². The van der Waals surface area contributed by atoms with Crippen molar-refractivity contribution in [3.05, 3.63) is 54.1 Å². The van der Waals surface area contributed by atoms with Crippen molar-refractivity contribution in [2.45, 2.75) is 24.3 Å². The summed E-state index contributed by atoms with van der Waals surface area (Å²) in [6.45, 7) is 2.02. The highest BCUT2D eigenvalue weighted by molar-refractivity contribution is 7.90. The van der Waals surface area contributed by atoms with Gasteiger partial charge in [-0.3, -0.25) is 0 Å². The van der Waals surface area contributed by atoms with Crippen LogP contribution >= 0.6 is 0 Å². The second kappa shape index (κ2) is 6.28. The molecular formula is C16H19NO3S. The lowest BCUT2D eigenvalue weighted by atomic mass is 10.0. The fourth-order valence-electron chi connectivity index (χ4n) is 1.98. The zero-order chi connectivity index (χ0) is 15.5. The average Bonchev–Trinajstić information content (AvgIpc) is 2.46. The maximum absolute atomic E-state index is 11.4. The summed E-state index contributed by atoms with van der Waals surface area (Å²) in [6, 6.07) is 13.9. The van der Waals surface area contributed by atoms with E-state index in [2.05, 4.69) is 0 Å². The molecule has 5 heteroatoms. The van der Waals surface area contributed by atoms with E-state index in [0.29, 0.717) is 11.5 Å². The summed E-state index contributed by atoms with van der Waals surface area (Å²) in [5.41, 5.74) is 7.01. The molecule has 1 atom stereocenters. The van der Waals surface area contributed by atoms with Gasteiger partial charge < -0.3 is 10.5 Å².